The average molecular weight is 208 g/mol. The van der Waals surface area contributed by atoms with Crippen LogP contribution in [0.3, 0.4) is 0 Å². The third-order valence-corrected chi connectivity index (χ3v) is 1.73. The second-order valence-electron chi connectivity index (χ2n) is 3.15. The number of hydrogen-bond acceptors (Lipinski definition) is 3. The number of rotatable bonds is 3. The smallest absolute Gasteiger partial charge is 0.335 e. The van der Waals surface area contributed by atoms with Crippen molar-refractivity contribution >= 4 is 11.9 Å². The first-order chi connectivity index (χ1) is 7.00. The van der Waals surface area contributed by atoms with Crippen LogP contribution in [0.15, 0.2) is 24.3 Å². The number of carboxylic acids is 1. The second-order valence-corrected chi connectivity index (χ2v) is 3.15. The zero-order valence-corrected chi connectivity index (χ0v) is 8.23. The van der Waals surface area contributed by atoms with Gasteiger partial charge in [-0.1, -0.05) is 6.07 Å². The van der Waals surface area contributed by atoms with Crippen LogP contribution in [-0.2, 0) is 0 Å². The SMILES string of the molecule is CC(N)NC(=O)c1cccc(C(=O)O)c1. The Kier molecular flexibility index (Phi) is 3.41. The molecule has 1 aromatic carbocycles. The van der Waals surface area contributed by atoms with E-state index in [9.17, 15) is 9.59 Å². The summed E-state index contributed by atoms with van der Waals surface area (Å²) in [5.74, 6) is -1.45. The first-order valence-electron chi connectivity index (χ1n) is 4.40. The molecule has 0 fully saturated rings. The Morgan fingerprint density at radius 3 is 2.53 bits per heavy atom. The Labute approximate surface area is 86.9 Å². The van der Waals surface area contributed by atoms with E-state index in [0.29, 0.717) is 0 Å². The lowest BCUT2D eigenvalue weighted by molar-refractivity contribution is 0.0697. The lowest BCUT2D eigenvalue weighted by Gasteiger charge is -2.08. The van der Waals surface area contributed by atoms with Crippen LogP contribution >= 0.6 is 0 Å². The first kappa shape index (κ1) is 11.2. The Hall–Kier alpha value is -1.88. The summed E-state index contributed by atoms with van der Waals surface area (Å²) in [5, 5.41) is 11.2. The third kappa shape index (κ3) is 3.07. The molecule has 1 atom stereocenters. The lowest BCUT2D eigenvalue weighted by Crippen LogP contribution is -2.38. The van der Waals surface area contributed by atoms with Gasteiger partial charge in [0.15, 0.2) is 0 Å². The van der Waals surface area contributed by atoms with Gasteiger partial charge in [0.1, 0.15) is 0 Å². The van der Waals surface area contributed by atoms with E-state index in [4.69, 9.17) is 10.8 Å². The molecule has 5 nitrogen and oxygen atoms in total. The van der Waals surface area contributed by atoms with E-state index in [0.717, 1.165) is 0 Å². The predicted octanol–water partition coefficient (Wildman–Crippen LogP) is 0.419. The van der Waals surface area contributed by atoms with Crippen LogP contribution in [0.4, 0.5) is 0 Å². The van der Waals surface area contributed by atoms with Crippen molar-refractivity contribution in [1.29, 1.82) is 0 Å². The van der Waals surface area contributed by atoms with Crippen LogP contribution in [-0.4, -0.2) is 23.1 Å². The van der Waals surface area contributed by atoms with Crippen molar-refractivity contribution in [2.75, 3.05) is 0 Å². The van der Waals surface area contributed by atoms with Gasteiger partial charge in [-0.3, -0.25) is 4.79 Å². The minimum absolute atomic E-state index is 0.0762. The molecule has 1 amide bonds. The molecule has 0 saturated carbocycles. The summed E-state index contributed by atoms with van der Waals surface area (Å²) in [4.78, 5) is 22.1. The van der Waals surface area contributed by atoms with E-state index in [1.54, 1.807) is 6.92 Å². The van der Waals surface area contributed by atoms with Crippen molar-refractivity contribution in [1.82, 2.24) is 5.32 Å². The van der Waals surface area contributed by atoms with Gasteiger partial charge in [0.2, 0.25) is 0 Å². The molecule has 0 bridgehead atoms. The van der Waals surface area contributed by atoms with Gasteiger partial charge in [-0.15, -0.1) is 0 Å². The van der Waals surface area contributed by atoms with Crippen LogP contribution in [0.2, 0.25) is 0 Å². The summed E-state index contributed by atoms with van der Waals surface area (Å²) in [6, 6.07) is 5.77. The predicted molar refractivity (Wildman–Crippen MR) is 54.5 cm³/mol. The number of nitrogens with two attached hydrogens (primary N) is 1. The fourth-order valence-corrected chi connectivity index (χ4v) is 1.08. The third-order valence-electron chi connectivity index (χ3n) is 1.73. The number of aromatic carboxylic acids is 1. The van der Waals surface area contributed by atoms with Gasteiger partial charge in [-0.2, -0.15) is 0 Å². The van der Waals surface area contributed by atoms with Gasteiger partial charge in [-0.05, 0) is 25.1 Å². The molecule has 0 aliphatic carbocycles. The average Bonchev–Trinajstić information content (AvgIpc) is 2.17. The van der Waals surface area contributed by atoms with Gasteiger partial charge >= 0.3 is 5.97 Å². The summed E-state index contributed by atoms with van der Waals surface area (Å²) in [7, 11) is 0. The van der Waals surface area contributed by atoms with E-state index in [1.807, 2.05) is 0 Å². The largest absolute Gasteiger partial charge is 0.478 e. The highest BCUT2D eigenvalue weighted by Crippen LogP contribution is 2.05. The fraction of sp³-hybridized carbons (Fsp3) is 0.200. The van der Waals surface area contributed by atoms with Crippen molar-refractivity contribution < 1.29 is 14.7 Å². The maximum absolute atomic E-state index is 11.4. The highest BCUT2D eigenvalue weighted by molar-refractivity contribution is 5.97. The van der Waals surface area contributed by atoms with Gasteiger partial charge in [0.25, 0.3) is 5.91 Å². The summed E-state index contributed by atoms with van der Waals surface area (Å²) in [6.07, 6.45) is -0.467. The zero-order valence-electron chi connectivity index (χ0n) is 8.23. The zero-order chi connectivity index (χ0) is 11.4. The van der Waals surface area contributed by atoms with Gasteiger partial charge in [-0.25, -0.2) is 4.79 Å². The highest BCUT2D eigenvalue weighted by Gasteiger charge is 2.09. The maximum atomic E-state index is 11.4. The highest BCUT2D eigenvalue weighted by atomic mass is 16.4. The first-order valence-corrected chi connectivity index (χ1v) is 4.40. The second kappa shape index (κ2) is 4.56. The van der Waals surface area contributed by atoms with E-state index in [-0.39, 0.29) is 17.0 Å². The normalized spacial score (nSPS) is 11.9. The topological polar surface area (TPSA) is 92.4 Å². The van der Waals surface area contributed by atoms with Crippen LogP contribution in [0.5, 0.6) is 0 Å². The minimum atomic E-state index is -1.06. The molecule has 0 radical (unpaired) electrons. The summed E-state index contributed by atoms with van der Waals surface area (Å²) < 4.78 is 0. The number of benzene rings is 1. The molecule has 0 aliphatic heterocycles. The quantitative estimate of drug-likeness (QED) is 0.627. The molecular weight excluding hydrogens is 196 g/mol. The van der Waals surface area contributed by atoms with Crippen molar-refractivity contribution in [3.8, 4) is 0 Å². The molecule has 15 heavy (non-hydrogen) atoms. The molecule has 0 aromatic heterocycles. The van der Waals surface area contributed by atoms with Crippen molar-refractivity contribution in [2.45, 2.75) is 13.1 Å². The van der Waals surface area contributed by atoms with Crippen LogP contribution in [0.25, 0.3) is 0 Å². The molecule has 80 valence electrons. The molecule has 1 aromatic rings. The molecule has 0 saturated heterocycles. The Morgan fingerprint density at radius 1 is 1.40 bits per heavy atom. The van der Waals surface area contributed by atoms with Crippen molar-refractivity contribution in [3.05, 3.63) is 35.4 Å². The molecular formula is C10H12N2O3. The number of nitrogens with one attached hydrogen (secondary N) is 1. The molecule has 1 rings (SSSR count). The van der Waals surface area contributed by atoms with E-state index in [1.165, 1.54) is 24.3 Å². The molecule has 0 aliphatic rings. The van der Waals surface area contributed by atoms with Crippen molar-refractivity contribution in [3.63, 3.8) is 0 Å². The monoisotopic (exact) mass is 208 g/mol. The Bertz CT molecular complexity index is 388. The summed E-state index contributed by atoms with van der Waals surface area (Å²) in [5.41, 5.74) is 5.74. The Balaban J connectivity index is 2.90. The maximum Gasteiger partial charge on any atom is 0.335 e. The molecule has 0 spiro atoms. The number of hydrogen-bond donors (Lipinski definition) is 3. The van der Waals surface area contributed by atoms with E-state index < -0.39 is 12.1 Å². The minimum Gasteiger partial charge on any atom is -0.478 e. The molecule has 0 heterocycles. The van der Waals surface area contributed by atoms with Gasteiger partial charge in [0, 0.05) is 5.56 Å². The summed E-state index contributed by atoms with van der Waals surface area (Å²) >= 11 is 0. The fourth-order valence-electron chi connectivity index (χ4n) is 1.08. The van der Waals surface area contributed by atoms with Crippen LogP contribution < -0.4 is 11.1 Å². The van der Waals surface area contributed by atoms with Gasteiger partial charge < -0.3 is 16.2 Å². The van der Waals surface area contributed by atoms with Crippen molar-refractivity contribution in [2.24, 2.45) is 5.73 Å². The van der Waals surface area contributed by atoms with Crippen LogP contribution in [0.1, 0.15) is 27.6 Å². The molecule has 4 N–H and O–H groups in total. The number of carbonyl (C=O) groups is 2. The molecule has 1 unspecified atom stereocenters. The van der Waals surface area contributed by atoms with Crippen LogP contribution in [0, 0.1) is 0 Å². The number of amides is 1. The van der Waals surface area contributed by atoms with Gasteiger partial charge in [0.05, 0.1) is 11.7 Å². The summed E-state index contributed by atoms with van der Waals surface area (Å²) in [6.45, 7) is 1.62. The Morgan fingerprint density at radius 2 is 2.00 bits per heavy atom. The molecule has 5 heteroatoms. The number of carbonyl (C=O) groups excluding carboxylic acids is 1. The van der Waals surface area contributed by atoms with E-state index in [2.05, 4.69) is 5.32 Å². The standard InChI is InChI=1S/C10H12N2O3/c1-6(11)12-9(13)7-3-2-4-8(5-7)10(14)15/h2-6H,11H2,1H3,(H,12,13)(H,14,15). The van der Waals surface area contributed by atoms with E-state index >= 15 is 0 Å². The number of carboxylic acid groups (broad SMARTS) is 1. The lowest BCUT2D eigenvalue weighted by atomic mass is 10.1.